The second kappa shape index (κ2) is 6.91. The number of carbonyl (C=O) groups excluding carboxylic acids is 1. The van der Waals surface area contributed by atoms with Gasteiger partial charge in [0, 0.05) is 16.2 Å². The van der Waals surface area contributed by atoms with Gasteiger partial charge in [0.05, 0.1) is 0 Å². The van der Waals surface area contributed by atoms with Crippen LogP contribution in [0.15, 0.2) is 46.9 Å². The van der Waals surface area contributed by atoms with Gasteiger partial charge in [0.15, 0.2) is 17.6 Å². The van der Waals surface area contributed by atoms with Crippen molar-refractivity contribution in [2.45, 2.75) is 13.0 Å². The van der Waals surface area contributed by atoms with E-state index in [1.807, 2.05) is 18.2 Å². The van der Waals surface area contributed by atoms with Gasteiger partial charge in [-0.15, -0.1) is 0 Å². The summed E-state index contributed by atoms with van der Waals surface area (Å²) >= 11 is 3.37. The van der Waals surface area contributed by atoms with E-state index < -0.39 is 6.10 Å². The highest BCUT2D eigenvalue weighted by Gasteiger charge is 2.17. The average molecular weight is 378 g/mol. The fourth-order valence-electron chi connectivity index (χ4n) is 2.16. The summed E-state index contributed by atoms with van der Waals surface area (Å²) in [4.78, 5) is 12.2. The van der Waals surface area contributed by atoms with Gasteiger partial charge in [-0.1, -0.05) is 22.0 Å². The molecule has 1 aliphatic rings. The summed E-state index contributed by atoms with van der Waals surface area (Å²) in [6.07, 6.45) is -0.627. The molecule has 2 aromatic rings. The summed E-state index contributed by atoms with van der Waals surface area (Å²) in [6, 6.07) is 12.7. The molecule has 6 heteroatoms. The first-order valence-electron chi connectivity index (χ1n) is 7.24. The molecule has 0 bridgehead atoms. The lowest BCUT2D eigenvalue weighted by atomic mass is 10.2. The molecule has 0 spiro atoms. The van der Waals surface area contributed by atoms with E-state index in [1.165, 1.54) is 0 Å². The van der Waals surface area contributed by atoms with Crippen molar-refractivity contribution in [3.05, 3.63) is 46.9 Å². The van der Waals surface area contributed by atoms with Crippen molar-refractivity contribution in [1.82, 2.24) is 0 Å². The van der Waals surface area contributed by atoms with Crippen LogP contribution in [0.1, 0.15) is 6.92 Å². The lowest BCUT2D eigenvalue weighted by Crippen LogP contribution is -2.30. The molecule has 0 radical (unpaired) electrons. The Hall–Kier alpha value is -2.21. The second-order valence-corrected chi connectivity index (χ2v) is 5.98. The highest BCUT2D eigenvalue weighted by molar-refractivity contribution is 9.10. The fourth-order valence-corrected chi connectivity index (χ4v) is 2.54. The second-order valence-electron chi connectivity index (χ2n) is 5.07. The van der Waals surface area contributed by atoms with Crippen LogP contribution in [-0.4, -0.2) is 25.2 Å². The minimum absolute atomic E-state index is 0.235. The Morgan fingerprint density at radius 2 is 1.96 bits per heavy atom. The SMILES string of the molecule is C[C@H](Oc1cccc(Br)c1)C(=O)Nc1ccc2c(c1)OCCO2. The molecule has 23 heavy (non-hydrogen) atoms. The molecule has 0 saturated heterocycles. The van der Waals surface area contributed by atoms with Crippen LogP contribution >= 0.6 is 15.9 Å². The molecule has 1 amide bonds. The molecule has 1 N–H and O–H groups in total. The maximum Gasteiger partial charge on any atom is 0.265 e. The van der Waals surface area contributed by atoms with Crippen LogP contribution in [0, 0.1) is 0 Å². The summed E-state index contributed by atoms with van der Waals surface area (Å²) in [7, 11) is 0. The molecule has 0 unspecified atom stereocenters. The van der Waals surface area contributed by atoms with Gasteiger partial charge in [-0.3, -0.25) is 4.79 Å². The fraction of sp³-hybridized carbons (Fsp3) is 0.235. The van der Waals surface area contributed by atoms with Crippen LogP contribution in [0.5, 0.6) is 17.2 Å². The maximum absolute atomic E-state index is 12.2. The van der Waals surface area contributed by atoms with E-state index in [4.69, 9.17) is 14.2 Å². The van der Waals surface area contributed by atoms with Crippen molar-refractivity contribution in [1.29, 1.82) is 0 Å². The molecule has 1 aliphatic heterocycles. The van der Waals surface area contributed by atoms with E-state index in [2.05, 4.69) is 21.2 Å². The zero-order valence-electron chi connectivity index (χ0n) is 12.5. The van der Waals surface area contributed by atoms with Crippen LogP contribution in [0.2, 0.25) is 0 Å². The Kier molecular flexibility index (Phi) is 4.71. The maximum atomic E-state index is 12.2. The highest BCUT2D eigenvalue weighted by atomic mass is 79.9. The molecule has 5 nitrogen and oxygen atoms in total. The van der Waals surface area contributed by atoms with Crippen molar-refractivity contribution >= 4 is 27.5 Å². The lowest BCUT2D eigenvalue weighted by Gasteiger charge is -2.19. The quantitative estimate of drug-likeness (QED) is 0.883. The molecule has 120 valence electrons. The normalized spacial score (nSPS) is 14.0. The number of ether oxygens (including phenoxy) is 3. The number of benzene rings is 2. The Morgan fingerprint density at radius 3 is 2.74 bits per heavy atom. The average Bonchev–Trinajstić information content (AvgIpc) is 2.54. The molecule has 0 aromatic heterocycles. The third-order valence-electron chi connectivity index (χ3n) is 3.29. The van der Waals surface area contributed by atoms with E-state index in [0.29, 0.717) is 36.1 Å². The number of amides is 1. The summed E-state index contributed by atoms with van der Waals surface area (Å²) in [6.45, 7) is 2.75. The Bertz CT molecular complexity index is 719. The smallest absolute Gasteiger partial charge is 0.265 e. The van der Waals surface area contributed by atoms with Crippen molar-refractivity contribution < 1.29 is 19.0 Å². The van der Waals surface area contributed by atoms with E-state index >= 15 is 0 Å². The van der Waals surface area contributed by atoms with Gasteiger partial charge in [-0.25, -0.2) is 0 Å². The summed E-state index contributed by atoms with van der Waals surface area (Å²) in [5.41, 5.74) is 0.643. The number of hydrogen-bond donors (Lipinski definition) is 1. The standard InChI is InChI=1S/C17H16BrNO4/c1-11(23-14-4-2-3-12(18)9-14)17(20)19-13-5-6-15-16(10-13)22-8-7-21-15/h2-6,9-11H,7-8H2,1H3,(H,19,20)/t11-/m0/s1. The number of rotatable bonds is 4. The molecule has 0 aliphatic carbocycles. The molecular weight excluding hydrogens is 362 g/mol. The Labute approximate surface area is 142 Å². The Balaban J connectivity index is 1.64. The van der Waals surface area contributed by atoms with Crippen molar-refractivity contribution in [2.24, 2.45) is 0 Å². The number of hydrogen-bond acceptors (Lipinski definition) is 4. The minimum Gasteiger partial charge on any atom is -0.486 e. The van der Waals surface area contributed by atoms with Gasteiger partial charge in [0.1, 0.15) is 19.0 Å². The zero-order valence-corrected chi connectivity index (χ0v) is 14.1. The first-order chi connectivity index (χ1) is 11.1. The predicted molar refractivity (Wildman–Crippen MR) is 90.3 cm³/mol. The van der Waals surface area contributed by atoms with Gasteiger partial charge in [0.25, 0.3) is 5.91 Å². The molecule has 1 heterocycles. The van der Waals surface area contributed by atoms with Gasteiger partial charge in [0.2, 0.25) is 0 Å². The Morgan fingerprint density at radius 1 is 1.17 bits per heavy atom. The third kappa shape index (κ3) is 3.96. The van der Waals surface area contributed by atoms with Crippen molar-refractivity contribution in [2.75, 3.05) is 18.5 Å². The predicted octanol–water partition coefficient (Wildman–Crippen LogP) is 3.63. The van der Waals surface area contributed by atoms with Crippen LogP contribution < -0.4 is 19.5 Å². The van der Waals surface area contributed by atoms with Gasteiger partial charge < -0.3 is 19.5 Å². The monoisotopic (exact) mass is 377 g/mol. The van der Waals surface area contributed by atoms with Gasteiger partial charge in [-0.05, 0) is 37.3 Å². The number of fused-ring (bicyclic) bond motifs is 1. The van der Waals surface area contributed by atoms with Crippen LogP contribution in [0.4, 0.5) is 5.69 Å². The van der Waals surface area contributed by atoms with Crippen LogP contribution in [0.3, 0.4) is 0 Å². The largest absolute Gasteiger partial charge is 0.486 e. The number of nitrogens with one attached hydrogen (secondary N) is 1. The third-order valence-corrected chi connectivity index (χ3v) is 3.78. The van der Waals surface area contributed by atoms with Crippen molar-refractivity contribution in [3.8, 4) is 17.2 Å². The van der Waals surface area contributed by atoms with Crippen LogP contribution in [-0.2, 0) is 4.79 Å². The molecule has 0 fully saturated rings. The summed E-state index contributed by atoms with van der Waals surface area (Å²) in [5, 5.41) is 2.82. The summed E-state index contributed by atoms with van der Waals surface area (Å²) in [5.74, 6) is 1.72. The first-order valence-corrected chi connectivity index (χ1v) is 8.04. The zero-order chi connectivity index (χ0) is 16.2. The van der Waals surface area contributed by atoms with Gasteiger partial charge >= 0.3 is 0 Å². The lowest BCUT2D eigenvalue weighted by molar-refractivity contribution is -0.122. The van der Waals surface area contributed by atoms with E-state index in [1.54, 1.807) is 31.2 Å². The molecule has 3 rings (SSSR count). The van der Waals surface area contributed by atoms with Crippen molar-refractivity contribution in [3.63, 3.8) is 0 Å². The number of halogens is 1. The minimum atomic E-state index is -0.627. The molecule has 1 atom stereocenters. The number of carbonyl (C=O) groups is 1. The molecular formula is C17H16BrNO4. The van der Waals surface area contributed by atoms with E-state index in [0.717, 1.165) is 4.47 Å². The van der Waals surface area contributed by atoms with Crippen LogP contribution in [0.25, 0.3) is 0 Å². The topological polar surface area (TPSA) is 56.8 Å². The molecule has 0 saturated carbocycles. The van der Waals surface area contributed by atoms with Gasteiger partial charge in [-0.2, -0.15) is 0 Å². The summed E-state index contributed by atoms with van der Waals surface area (Å²) < 4.78 is 17.5. The van der Waals surface area contributed by atoms with E-state index in [-0.39, 0.29) is 5.91 Å². The molecule has 2 aromatic carbocycles. The van der Waals surface area contributed by atoms with E-state index in [9.17, 15) is 4.79 Å². The highest BCUT2D eigenvalue weighted by Crippen LogP contribution is 2.32. The number of anilines is 1. The first kappa shape index (κ1) is 15.7.